The molecule has 4 N–H and O–H groups in total. The van der Waals surface area contributed by atoms with Crippen LogP contribution in [0.1, 0.15) is 18.5 Å². The van der Waals surface area contributed by atoms with Crippen LogP contribution in [-0.2, 0) is 9.59 Å². The minimum absolute atomic E-state index is 0.181. The fourth-order valence-electron chi connectivity index (χ4n) is 1.58. The highest BCUT2D eigenvalue weighted by Gasteiger charge is 2.23. The summed E-state index contributed by atoms with van der Waals surface area (Å²) in [6.45, 7) is 1.80. The van der Waals surface area contributed by atoms with Crippen molar-refractivity contribution in [2.75, 3.05) is 13.1 Å². The monoisotopic (exact) mass is 313 g/mol. The summed E-state index contributed by atoms with van der Waals surface area (Å²) in [5.41, 5.74) is 0.295. The van der Waals surface area contributed by atoms with Gasteiger partial charge in [0.15, 0.2) is 6.04 Å². The molecule has 0 saturated carbocycles. The number of hydrogen-bond acceptors (Lipinski definition) is 3. The highest BCUT2D eigenvalue weighted by molar-refractivity contribution is 6.31. The van der Waals surface area contributed by atoms with Gasteiger partial charge in [0.25, 0.3) is 0 Å². The fraction of sp³-hybridized carbons (Fsp3) is 0.308. The first-order valence-electron chi connectivity index (χ1n) is 6.18. The van der Waals surface area contributed by atoms with Gasteiger partial charge >= 0.3 is 12.0 Å². The van der Waals surface area contributed by atoms with Crippen LogP contribution in [0.4, 0.5) is 4.79 Å². The minimum atomic E-state index is -1.25. The van der Waals surface area contributed by atoms with Crippen LogP contribution in [0.25, 0.3) is 0 Å². The van der Waals surface area contributed by atoms with E-state index in [-0.39, 0.29) is 24.0 Å². The standard InChI is InChI=1S/C13H16ClN3O4/c1-8(18)15-6-7-16-13(21)17-11(12(19)20)9-4-2-3-5-10(9)14/h2-5,11H,6-7H2,1H3,(H,15,18)(H,19,20)(H2,16,17,21)/t11-/m1/s1. The van der Waals surface area contributed by atoms with Gasteiger partial charge in [0, 0.05) is 30.6 Å². The zero-order chi connectivity index (χ0) is 15.8. The lowest BCUT2D eigenvalue weighted by Gasteiger charge is -2.16. The lowest BCUT2D eigenvalue weighted by Crippen LogP contribution is -2.43. The van der Waals surface area contributed by atoms with E-state index in [4.69, 9.17) is 11.6 Å². The average molecular weight is 314 g/mol. The third-order valence-corrected chi connectivity index (χ3v) is 2.87. The van der Waals surface area contributed by atoms with Crippen LogP contribution < -0.4 is 16.0 Å². The molecule has 1 atom stereocenters. The van der Waals surface area contributed by atoms with E-state index in [1.54, 1.807) is 18.2 Å². The minimum Gasteiger partial charge on any atom is -0.479 e. The Morgan fingerprint density at radius 3 is 2.38 bits per heavy atom. The van der Waals surface area contributed by atoms with E-state index in [1.165, 1.54) is 13.0 Å². The quantitative estimate of drug-likeness (QED) is 0.585. The average Bonchev–Trinajstić information content (AvgIpc) is 2.41. The van der Waals surface area contributed by atoms with E-state index < -0.39 is 18.0 Å². The Morgan fingerprint density at radius 2 is 1.81 bits per heavy atom. The number of aliphatic carboxylic acids is 1. The first kappa shape index (κ1) is 16.8. The Labute approximate surface area is 126 Å². The molecule has 0 radical (unpaired) electrons. The number of amides is 3. The highest BCUT2D eigenvalue weighted by atomic mass is 35.5. The van der Waals surface area contributed by atoms with Crippen molar-refractivity contribution < 1.29 is 19.5 Å². The number of carboxylic acids is 1. The van der Waals surface area contributed by atoms with Gasteiger partial charge in [-0.25, -0.2) is 9.59 Å². The Hall–Kier alpha value is -2.28. The summed E-state index contributed by atoms with van der Waals surface area (Å²) in [4.78, 5) is 33.5. The van der Waals surface area contributed by atoms with Crippen LogP contribution in [-0.4, -0.2) is 36.1 Å². The third kappa shape index (κ3) is 5.70. The van der Waals surface area contributed by atoms with Gasteiger partial charge in [-0.3, -0.25) is 4.79 Å². The molecule has 0 aliphatic heterocycles. The van der Waals surface area contributed by atoms with E-state index in [0.717, 1.165) is 0 Å². The van der Waals surface area contributed by atoms with Crippen LogP contribution in [0, 0.1) is 0 Å². The summed E-state index contributed by atoms with van der Waals surface area (Å²) in [7, 11) is 0. The lowest BCUT2D eigenvalue weighted by atomic mass is 10.1. The van der Waals surface area contributed by atoms with Crippen molar-refractivity contribution in [2.24, 2.45) is 0 Å². The molecule has 0 saturated heterocycles. The molecular formula is C13H16ClN3O4. The van der Waals surface area contributed by atoms with Crippen molar-refractivity contribution in [3.05, 3.63) is 34.9 Å². The van der Waals surface area contributed by atoms with Crippen LogP contribution in [0.3, 0.4) is 0 Å². The Bertz CT molecular complexity index is 536. The van der Waals surface area contributed by atoms with Gasteiger partial charge in [-0.1, -0.05) is 29.8 Å². The topological polar surface area (TPSA) is 108 Å². The van der Waals surface area contributed by atoms with E-state index in [1.807, 2.05) is 0 Å². The van der Waals surface area contributed by atoms with Crippen LogP contribution >= 0.6 is 11.6 Å². The number of carbonyl (C=O) groups excluding carboxylic acids is 2. The summed E-state index contributed by atoms with van der Waals surface area (Å²) in [6, 6.07) is 4.46. The smallest absolute Gasteiger partial charge is 0.331 e. The Morgan fingerprint density at radius 1 is 1.19 bits per heavy atom. The number of nitrogens with one attached hydrogen (secondary N) is 3. The van der Waals surface area contributed by atoms with Gasteiger partial charge in [-0.05, 0) is 6.07 Å². The molecule has 7 nitrogen and oxygen atoms in total. The van der Waals surface area contributed by atoms with Gasteiger partial charge < -0.3 is 21.1 Å². The maximum Gasteiger partial charge on any atom is 0.331 e. The number of carboxylic acid groups (broad SMARTS) is 1. The molecule has 0 heterocycles. The largest absolute Gasteiger partial charge is 0.479 e. The second-order valence-corrected chi connectivity index (χ2v) is 4.58. The molecule has 0 aliphatic rings. The first-order chi connectivity index (χ1) is 9.91. The first-order valence-corrected chi connectivity index (χ1v) is 6.55. The lowest BCUT2D eigenvalue weighted by molar-refractivity contribution is -0.139. The van der Waals surface area contributed by atoms with Crippen LogP contribution in [0.5, 0.6) is 0 Å². The number of benzene rings is 1. The van der Waals surface area contributed by atoms with Crippen molar-refractivity contribution >= 4 is 29.5 Å². The molecule has 3 amide bonds. The molecule has 0 aliphatic carbocycles. The molecule has 114 valence electrons. The Balaban J connectivity index is 2.59. The van der Waals surface area contributed by atoms with E-state index in [2.05, 4.69) is 16.0 Å². The predicted octanol–water partition coefficient (Wildman–Crippen LogP) is 0.901. The van der Waals surface area contributed by atoms with Crippen molar-refractivity contribution in [1.82, 2.24) is 16.0 Å². The Kier molecular flexibility index (Phi) is 6.48. The molecule has 0 fully saturated rings. The predicted molar refractivity (Wildman–Crippen MR) is 77.0 cm³/mol. The number of halogens is 1. The second kappa shape index (κ2) is 8.11. The van der Waals surface area contributed by atoms with E-state index in [0.29, 0.717) is 5.56 Å². The summed E-state index contributed by atoms with van der Waals surface area (Å²) in [6.07, 6.45) is 0. The number of urea groups is 1. The van der Waals surface area contributed by atoms with Crippen molar-refractivity contribution in [3.8, 4) is 0 Å². The molecule has 0 bridgehead atoms. The van der Waals surface area contributed by atoms with Crippen molar-refractivity contribution in [2.45, 2.75) is 13.0 Å². The number of carbonyl (C=O) groups is 3. The van der Waals surface area contributed by atoms with E-state index >= 15 is 0 Å². The van der Waals surface area contributed by atoms with E-state index in [9.17, 15) is 19.5 Å². The molecule has 1 aromatic carbocycles. The zero-order valence-electron chi connectivity index (χ0n) is 11.4. The summed E-state index contributed by atoms with van der Waals surface area (Å²) in [5.74, 6) is -1.43. The van der Waals surface area contributed by atoms with Crippen LogP contribution in [0.15, 0.2) is 24.3 Å². The van der Waals surface area contributed by atoms with Gasteiger partial charge in [-0.15, -0.1) is 0 Å². The van der Waals surface area contributed by atoms with Crippen molar-refractivity contribution in [1.29, 1.82) is 0 Å². The zero-order valence-corrected chi connectivity index (χ0v) is 12.1. The molecular weight excluding hydrogens is 298 g/mol. The van der Waals surface area contributed by atoms with Gasteiger partial charge in [0.2, 0.25) is 5.91 Å². The normalized spacial score (nSPS) is 11.3. The van der Waals surface area contributed by atoms with Crippen molar-refractivity contribution in [3.63, 3.8) is 0 Å². The highest BCUT2D eigenvalue weighted by Crippen LogP contribution is 2.22. The maximum absolute atomic E-state index is 11.6. The van der Waals surface area contributed by atoms with Gasteiger partial charge in [0.05, 0.1) is 0 Å². The fourth-order valence-corrected chi connectivity index (χ4v) is 1.82. The van der Waals surface area contributed by atoms with Gasteiger partial charge in [0.1, 0.15) is 0 Å². The molecule has 8 heteroatoms. The third-order valence-electron chi connectivity index (χ3n) is 2.52. The number of rotatable bonds is 6. The molecule has 1 aromatic rings. The molecule has 0 aromatic heterocycles. The summed E-state index contributed by atoms with van der Waals surface area (Å²) < 4.78 is 0. The SMILES string of the molecule is CC(=O)NCCNC(=O)N[C@@H](C(=O)O)c1ccccc1Cl. The summed E-state index contributed by atoms with van der Waals surface area (Å²) >= 11 is 5.93. The van der Waals surface area contributed by atoms with Crippen LogP contribution in [0.2, 0.25) is 5.02 Å². The number of hydrogen-bond donors (Lipinski definition) is 4. The molecule has 21 heavy (non-hydrogen) atoms. The second-order valence-electron chi connectivity index (χ2n) is 4.18. The van der Waals surface area contributed by atoms with Gasteiger partial charge in [-0.2, -0.15) is 0 Å². The molecule has 0 unspecified atom stereocenters. The maximum atomic E-state index is 11.6. The summed E-state index contributed by atoms with van der Waals surface area (Å²) in [5, 5.41) is 16.7. The molecule has 0 spiro atoms. The molecule has 1 rings (SSSR count).